The van der Waals surface area contributed by atoms with E-state index in [0.29, 0.717) is 16.7 Å². The predicted molar refractivity (Wildman–Crippen MR) is 143 cm³/mol. The highest BCUT2D eigenvalue weighted by molar-refractivity contribution is 6.01. The van der Waals surface area contributed by atoms with Crippen molar-refractivity contribution in [2.24, 2.45) is 5.73 Å². The fourth-order valence-electron chi connectivity index (χ4n) is 4.33. The van der Waals surface area contributed by atoms with E-state index in [1.165, 1.54) is 29.2 Å². The van der Waals surface area contributed by atoms with E-state index in [4.69, 9.17) is 22.3 Å². The van der Waals surface area contributed by atoms with Crippen LogP contribution in [0.4, 0.5) is 0 Å². The molecule has 0 spiro atoms. The second-order valence-corrected chi connectivity index (χ2v) is 9.05. The number of ether oxygens (including phenoxy) is 1. The number of benzene rings is 2. The first-order valence-electron chi connectivity index (χ1n) is 12.2. The lowest BCUT2D eigenvalue weighted by Gasteiger charge is -2.41. The zero-order chi connectivity index (χ0) is 29.4. The number of amidine groups is 1. The second-order valence-electron chi connectivity index (χ2n) is 9.05. The average molecular weight is 548 g/mol. The van der Waals surface area contributed by atoms with Gasteiger partial charge in [-0.3, -0.25) is 29.4 Å². The van der Waals surface area contributed by atoms with Gasteiger partial charge in [-0.25, -0.2) is 0 Å². The van der Waals surface area contributed by atoms with Crippen LogP contribution in [0.25, 0.3) is 0 Å². The van der Waals surface area contributed by atoms with Crippen LogP contribution in [0.2, 0.25) is 0 Å². The number of carbonyl (C=O) groups is 5. The summed E-state index contributed by atoms with van der Waals surface area (Å²) in [5, 5.41) is 19.4. The molecule has 1 saturated heterocycles. The number of amides is 3. The molecule has 1 fully saturated rings. The van der Waals surface area contributed by atoms with Crippen molar-refractivity contribution in [2.75, 3.05) is 26.7 Å². The highest BCUT2D eigenvalue weighted by Crippen LogP contribution is 2.19. The van der Waals surface area contributed by atoms with Crippen molar-refractivity contribution < 1.29 is 33.8 Å². The van der Waals surface area contributed by atoms with Gasteiger partial charge in [0, 0.05) is 36.2 Å². The number of esters is 1. The number of nitrogens with one attached hydrogen (secondary N) is 2. The number of rotatable bonds is 10. The minimum absolute atomic E-state index is 0.0140. The van der Waals surface area contributed by atoms with Crippen LogP contribution >= 0.6 is 0 Å². The van der Waals surface area contributed by atoms with Crippen molar-refractivity contribution >= 4 is 35.5 Å². The van der Waals surface area contributed by atoms with Gasteiger partial charge >= 0.3 is 11.9 Å². The largest absolute Gasteiger partial charge is 0.480 e. The topological polar surface area (TPSA) is 183 Å². The van der Waals surface area contributed by atoms with Crippen molar-refractivity contribution in [1.82, 2.24) is 15.1 Å². The molecule has 3 amide bonds. The number of aliphatic carboxylic acids is 1. The maximum Gasteiger partial charge on any atom is 0.323 e. The van der Waals surface area contributed by atoms with Gasteiger partial charge in [0.15, 0.2) is 0 Å². The predicted octanol–water partition coefficient (Wildman–Crippen LogP) is -0.0198. The van der Waals surface area contributed by atoms with Crippen LogP contribution in [0.5, 0.6) is 0 Å². The van der Waals surface area contributed by atoms with Crippen LogP contribution in [0.3, 0.4) is 0 Å². The zero-order valence-electron chi connectivity index (χ0n) is 21.8. The Morgan fingerprint density at radius 2 is 1.85 bits per heavy atom. The van der Waals surface area contributed by atoms with Gasteiger partial charge in [0.1, 0.15) is 24.5 Å². The van der Waals surface area contributed by atoms with Crippen LogP contribution in [-0.4, -0.2) is 89.2 Å². The summed E-state index contributed by atoms with van der Waals surface area (Å²) in [7, 11) is 1.13. The Balaban J connectivity index is 1.94. The molecule has 12 heteroatoms. The van der Waals surface area contributed by atoms with Crippen LogP contribution in [0.15, 0.2) is 48.5 Å². The Bertz CT molecular complexity index is 1370. The first-order valence-corrected chi connectivity index (χ1v) is 12.2. The third-order valence-electron chi connectivity index (χ3n) is 6.38. The maximum atomic E-state index is 13.9. The molecule has 2 atom stereocenters. The van der Waals surface area contributed by atoms with E-state index in [-0.39, 0.29) is 30.9 Å². The quantitative estimate of drug-likeness (QED) is 0.138. The zero-order valence-corrected chi connectivity index (χ0v) is 21.8. The first kappa shape index (κ1) is 29.4. The van der Waals surface area contributed by atoms with Gasteiger partial charge in [-0.15, -0.1) is 6.42 Å². The van der Waals surface area contributed by atoms with E-state index < -0.39 is 54.7 Å². The lowest BCUT2D eigenvalue weighted by atomic mass is 9.99. The van der Waals surface area contributed by atoms with Crippen molar-refractivity contribution in [3.8, 4) is 12.3 Å². The smallest absolute Gasteiger partial charge is 0.323 e. The number of hydrogen-bond donors (Lipinski definition) is 4. The van der Waals surface area contributed by atoms with Gasteiger partial charge in [-0.2, -0.15) is 0 Å². The molecule has 12 nitrogen and oxygen atoms in total. The molecule has 1 aliphatic heterocycles. The van der Waals surface area contributed by atoms with Crippen LogP contribution in [-0.2, 0) is 30.3 Å². The molecule has 0 saturated carbocycles. The van der Waals surface area contributed by atoms with Crippen molar-refractivity contribution in [1.29, 1.82) is 5.41 Å². The standard InChI is InChI=1S/C28H29N5O7/c1-3-17-5-4-6-18(13-17)14-21(31-26(37)20-9-7-19(8-10-20)25(29)30)27(38)33-12-11-32(16-23(34)35)28(39)22(33)15-24(36)40-2/h1,4-10,13,21-22H,11-12,14-16H2,2H3,(H3,29,30)(H,31,37)(H,34,35)/t21-,22-/m0/s1. The summed E-state index contributed by atoms with van der Waals surface area (Å²) < 4.78 is 4.70. The first-order chi connectivity index (χ1) is 19.0. The Morgan fingerprint density at radius 1 is 1.18 bits per heavy atom. The number of nitrogen functional groups attached to an aromatic ring is 1. The number of piperazine rings is 1. The van der Waals surface area contributed by atoms with Crippen LogP contribution in [0, 0.1) is 17.8 Å². The highest BCUT2D eigenvalue weighted by Gasteiger charge is 2.41. The molecule has 3 rings (SSSR count). The van der Waals surface area contributed by atoms with E-state index in [1.807, 2.05) is 0 Å². The molecule has 40 heavy (non-hydrogen) atoms. The molecule has 5 N–H and O–H groups in total. The summed E-state index contributed by atoms with van der Waals surface area (Å²) in [5.41, 5.74) is 7.30. The number of terminal acetylenes is 1. The number of hydrogen-bond acceptors (Lipinski definition) is 7. The van der Waals surface area contributed by atoms with E-state index in [0.717, 1.165) is 12.0 Å². The van der Waals surface area contributed by atoms with Gasteiger partial charge in [0.2, 0.25) is 11.8 Å². The summed E-state index contributed by atoms with van der Waals surface area (Å²) >= 11 is 0. The van der Waals surface area contributed by atoms with E-state index in [9.17, 15) is 29.1 Å². The normalized spacial score (nSPS) is 15.5. The van der Waals surface area contributed by atoms with E-state index >= 15 is 0 Å². The molecule has 1 aliphatic rings. The molecule has 2 aromatic carbocycles. The molecule has 0 bridgehead atoms. The third kappa shape index (κ3) is 7.22. The van der Waals surface area contributed by atoms with Gasteiger partial charge < -0.3 is 30.7 Å². The number of nitrogens with zero attached hydrogens (tertiary/aromatic N) is 2. The fraction of sp³-hybridized carbons (Fsp3) is 0.286. The lowest BCUT2D eigenvalue weighted by Crippen LogP contribution is -2.63. The Hall–Kier alpha value is -5.18. The SMILES string of the molecule is C#Cc1cccc(C[C@H](NC(=O)c2ccc(C(=N)N)cc2)C(=O)N2CCN(CC(=O)O)C(=O)[C@@H]2CC(=O)OC)c1. The average Bonchev–Trinajstić information content (AvgIpc) is 2.94. The summed E-state index contributed by atoms with van der Waals surface area (Å²) in [4.78, 5) is 65.8. The monoisotopic (exact) mass is 547 g/mol. The Labute approximate surface area is 230 Å². The Morgan fingerprint density at radius 3 is 2.45 bits per heavy atom. The molecule has 0 radical (unpaired) electrons. The van der Waals surface area contributed by atoms with Crippen LogP contribution in [0.1, 0.15) is 33.5 Å². The van der Waals surface area contributed by atoms with Crippen molar-refractivity contribution in [2.45, 2.75) is 24.9 Å². The minimum atomic E-state index is -1.32. The highest BCUT2D eigenvalue weighted by atomic mass is 16.5. The molecule has 1 heterocycles. The van der Waals surface area contributed by atoms with E-state index in [2.05, 4.69) is 11.2 Å². The van der Waals surface area contributed by atoms with Gasteiger partial charge in [0.25, 0.3) is 5.91 Å². The van der Waals surface area contributed by atoms with Gasteiger partial charge in [-0.1, -0.05) is 30.2 Å². The number of carboxylic acids is 1. The van der Waals surface area contributed by atoms with Gasteiger partial charge in [-0.05, 0) is 29.8 Å². The van der Waals surface area contributed by atoms with Gasteiger partial charge in [0.05, 0.1) is 13.5 Å². The number of nitrogens with two attached hydrogens (primary N) is 1. The van der Waals surface area contributed by atoms with E-state index in [1.54, 1.807) is 24.3 Å². The number of carboxylic acid groups (broad SMARTS) is 1. The summed E-state index contributed by atoms with van der Waals surface area (Å²) in [5.74, 6) is -1.61. The molecule has 208 valence electrons. The summed E-state index contributed by atoms with van der Waals surface area (Å²) in [6.45, 7) is -0.730. The molecule has 0 aromatic heterocycles. The number of methoxy groups -OCH3 is 1. The van der Waals surface area contributed by atoms with Crippen molar-refractivity contribution in [3.05, 3.63) is 70.8 Å². The molecular formula is C28H29N5O7. The third-order valence-corrected chi connectivity index (χ3v) is 6.38. The maximum absolute atomic E-state index is 13.9. The molecule has 0 aliphatic carbocycles. The Kier molecular flexibility index (Phi) is 9.59. The molecule has 0 unspecified atom stereocenters. The second kappa shape index (κ2) is 13.1. The fourth-order valence-corrected chi connectivity index (χ4v) is 4.33. The number of carbonyl (C=O) groups excluding carboxylic acids is 4. The van der Waals surface area contributed by atoms with Crippen molar-refractivity contribution in [3.63, 3.8) is 0 Å². The summed E-state index contributed by atoms with van der Waals surface area (Å²) in [6.07, 6.45) is 5.04. The minimum Gasteiger partial charge on any atom is -0.480 e. The lowest BCUT2D eigenvalue weighted by molar-refractivity contribution is -0.159. The summed E-state index contributed by atoms with van der Waals surface area (Å²) in [6, 6.07) is 10.3. The van der Waals surface area contributed by atoms with Crippen LogP contribution < -0.4 is 11.1 Å². The molecule has 2 aromatic rings. The molecular weight excluding hydrogens is 518 g/mol.